The fourth-order valence-corrected chi connectivity index (χ4v) is 5.52. The first kappa shape index (κ1) is 33.2. The second-order valence-electron chi connectivity index (χ2n) is 12.3. The van der Waals surface area contributed by atoms with Gasteiger partial charge in [-0.05, 0) is 87.3 Å². The lowest BCUT2D eigenvalue weighted by molar-refractivity contribution is -0.124. The number of fused-ring (bicyclic) bond motifs is 3. The summed E-state index contributed by atoms with van der Waals surface area (Å²) in [6.07, 6.45) is 0.0478. The van der Waals surface area contributed by atoms with Crippen molar-refractivity contribution in [3.8, 4) is 11.1 Å². The van der Waals surface area contributed by atoms with Crippen molar-refractivity contribution < 1.29 is 33.4 Å². The molecule has 9 nitrogen and oxygen atoms in total. The quantitative estimate of drug-likeness (QED) is 0.133. The van der Waals surface area contributed by atoms with Crippen LogP contribution in [0.5, 0.6) is 0 Å². The van der Waals surface area contributed by atoms with Gasteiger partial charge in [0.25, 0.3) is 0 Å². The predicted octanol–water partition coefficient (Wildman–Crippen LogP) is 6.63. The molecule has 3 aromatic carbocycles. The van der Waals surface area contributed by atoms with E-state index in [1.54, 1.807) is 46.8 Å². The van der Waals surface area contributed by atoms with Gasteiger partial charge in [0.05, 0.1) is 11.6 Å². The van der Waals surface area contributed by atoms with Crippen LogP contribution in [0.2, 0.25) is 0 Å². The van der Waals surface area contributed by atoms with Gasteiger partial charge in [-0.1, -0.05) is 66.7 Å². The number of hydrogen-bond acceptors (Lipinski definition) is 7. The molecule has 1 atom stereocenters. The minimum atomic E-state index is -0.951. The molecular formula is C36H42N2O7. The molecule has 1 unspecified atom stereocenters. The smallest absolute Gasteiger partial charge is 0.407 e. The van der Waals surface area contributed by atoms with Gasteiger partial charge in [-0.15, -0.1) is 0 Å². The van der Waals surface area contributed by atoms with E-state index in [0.29, 0.717) is 24.9 Å². The van der Waals surface area contributed by atoms with Crippen molar-refractivity contribution in [3.63, 3.8) is 0 Å². The van der Waals surface area contributed by atoms with Crippen molar-refractivity contribution >= 4 is 23.9 Å². The Morgan fingerprint density at radius 2 is 1.38 bits per heavy atom. The summed E-state index contributed by atoms with van der Waals surface area (Å²) < 4.78 is 16.3. The molecule has 4 rings (SSSR count). The Morgan fingerprint density at radius 3 is 1.98 bits per heavy atom. The Labute approximate surface area is 264 Å². The number of carbonyl (C=O) groups is 4. The van der Waals surface area contributed by atoms with Crippen molar-refractivity contribution in [2.45, 2.75) is 71.4 Å². The number of amides is 2. The lowest BCUT2D eigenvalue weighted by atomic mass is 9.98. The number of benzene rings is 3. The number of unbranched alkanes of at least 4 members (excludes halogenated alkanes) is 1. The molecule has 0 bridgehead atoms. The highest BCUT2D eigenvalue weighted by Crippen LogP contribution is 2.44. The second kappa shape index (κ2) is 14.9. The lowest BCUT2D eigenvalue weighted by Gasteiger charge is -2.20. The van der Waals surface area contributed by atoms with Crippen molar-refractivity contribution in [1.29, 1.82) is 0 Å². The van der Waals surface area contributed by atoms with Gasteiger partial charge < -0.3 is 24.8 Å². The highest BCUT2D eigenvalue weighted by Gasteiger charge is 2.30. The maximum Gasteiger partial charge on any atom is 0.407 e. The Morgan fingerprint density at radius 1 is 0.778 bits per heavy atom. The Bertz CT molecular complexity index is 1480. The number of ether oxygens (including phenoxy) is 3. The molecule has 0 spiro atoms. The van der Waals surface area contributed by atoms with Gasteiger partial charge in [0.1, 0.15) is 12.2 Å². The Hall–Kier alpha value is -4.66. The van der Waals surface area contributed by atoms with Crippen LogP contribution in [0.3, 0.4) is 0 Å². The number of carbonyl (C=O) groups excluding carboxylic acids is 4. The van der Waals surface area contributed by atoms with Crippen LogP contribution in [0.4, 0.5) is 9.59 Å². The lowest BCUT2D eigenvalue weighted by Crippen LogP contribution is -2.43. The monoisotopic (exact) mass is 614 g/mol. The van der Waals surface area contributed by atoms with E-state index < -0.39 is 42.2 Å². The summed E-state index contributed by atoms with van der Waals surface area (Å²) in [6, 6.07) is 20.6. The fraction of sp³-hybridized carbons (Fsp3) is 0.389. The minimum absolute atomic E-state index is 0.0993. The normalized spacial score (nSPS) is 12.8. The average Bonchev–Trinajstić information content (AvgIpc) is 3.30. The third-order valence-electron chi connectivity index (χ3n) is 7.64. The summed E-state index contributed by atoms with van der Waals surface area (Å²) in [5, 5.41) is 5.38. The summed E-state index contributed by atoms with van der Waals surface area (Å²) in [4.78, 5) is 51.1. The predicted molar refractivity (Wildman–Crippen MR) is 171 cm³/mol. The van der Waals surface area contributed by atoms with Crippen LogP contribution in [0.25, 0.3) is 11.1 Å². The number of esters is 1. The number of hydrogen-bond donors (Lipinski definition) is 2. The molecule has 1 aliphatic rings. The van der Waals surface area contributed by atoms with Crippen LogP contribution < -0.4 is 10.6 Å². The molecule has 0 saturated carbocycles. The van der Waals surface area contributed by atoms with Crippen LogP contribution in [0.15, 0.2) is 66.7 Å². The molecule has 2 amide bonds. The molecule has 1 aliphatic carbocycles. The van der Waals surface area contributed by atoms with Gasteiger partial charge in [-0.3, -0.25) is 4.79 Å². The number of rotatable bonds is 12. The van der Waals surface area contributed by atoms with Gasteiger partial charge in [0, 0.05) is 12.5 Å². The first-order valence-corrected chi connectivity index (χ1v) is 15.3. The third kappa shape index (κ3) is 8.94. The van der Waals surface area contributed by atoms with E-state index in [2.05, 4.69) is 22.8 Å². The second-order valence-corrected chi connectivity index (χ2v) is 12.3. The summed E-state index contributed by atoms with van der Waals surface area (Å²) in [7, 11) is 0. The highest BCUT2D eigenvalue weighted by atomic mass is 16.6. The standard InChI is InChI=1S/C36H42N2O7/c1-23-13-12-14-24(2)32(23)33(40)43-22-31(39)30(19-10-11-20-37-34(41)45-36(3,4)5)38-35(42)44-21-29-27-17-8-6-15-25(27)26-16-7-9-18-28(26)29/h6-9,12-18,29-30H,10-11,19-22H2,1-5H3,(H,37,41)(H,38,42). The number of Topliss-reactive ketones (excluding diaryl/α,β-unsaturated/α-hetero) is 1. The van der Waals surface area contributed by atoms with E-state index in [9.17, 15) is 19.2 Å². The molecule has 0 heterocycles. The van der Waals surface area contributed by atoms with Crippen LogP contribution in [0, 0.1) is 13.8 Å². The molecule has 238 valence electrons. The molecule has 0 saturated heterocycles. The van der Waals surface area contributed by atoms with Gasteiger partial charge in [0.2, 0.25) is 0 Å². The van der Waals surface area contributed by atoms with Gasteiger partial charge in [-0.25, -0.2) is 14.4 Å². The largest absolute Gasteiger partial charge is 0.454 e. The topological polar surface area (TPSA) is 120 Å². The van der Waals surface area contributed by atoms with Crippen LogP contribution in [-0.2, 0) is 19.0 Å². The third-order valence-corrected chi connectivity index (χ3v) is 7.64. The first-order chi connectivity index (χ1) is 21.4. The molecule has 2 N–H and O–H groups in total. The van der Waals surface area contributed by atoms with Gasteiger partial charge in [-0.2, -0.15) is 0 Å². The minimum Gasteiger partial charge on any atom is -0.454 e. The van der Waals surface area contributed by atoms with Gasteiger partial charge >= 0.3 is 18.2 Å². The van der Waals surface area contributed by atoms with E-state index in [1.165, 1.54) is 0 Å². The first-order valence-electron chi connectivity index (χ1n) is 15.3. The Kier molecular flexibility index (Phi) is 11.0. The van der Waals surface area contributed by atoms with Crippen LogP contribution in [-0.4, -0.2) is 55.3 Å². The highest BCUT2D eigenvalue weighted by molar-refractivity contribution is 5.95. The Balaban J connectivity index is 1.36. The van der Waals surface area contributed by atoms with Crippen LogP contribution in [0.1, 0.15) is 78.6 Å². The number of aryl methyl sites for hydroxylation is 2. The van der Waals surface area contributed by atoms with E-state index in [4.69, 9.17) is 14.2 Å². The maximum atomic E-state index is 13.3. The average molecular weight is 615 g/mol. The number of ketones is 1. The van der Waals surface area contributed by atoms with E-state index in [-0.39, 0.29) is 18.9 Å². The summed E-state index contributed by atoms with van der Waals surface area (Å²) in [5.74, 6) is -1.18. The molecule has 0 aliphatic heterocycles. The SMILES string of the molecule is Cc1cccc(C)c1C(=O)OCC(=O)C(CCCCNC(=O)OC(C)(C)C)NC(=O)OCC1c2ccccc2-c2ccccc21. The molecule has 3 aromatic rings. The van der Waals surface area contributed by atoms with Crippen molar-refractivity contribution in [3.05, 3.63) is 94.5 Å². The summed E-state index contributed by atoms with van der Waals surface area (Å²) in [5.41, 5.74) is 5.69. The fourth-order valence-electron chi connectivity index (χ4n) is 5.52. The summed E-state index contributed by atoms with van der Waals surface area (Å²) >= 11 is 0. The molecule has 45 heavy (non-hydrogen) atoms. The number of nitrogens with one attached hydrogen (secondary N) is 2. The van der Waals surface area contributed by atoms with E-state index in [1.807, 2.05) is 42.5 Å². The zero-order valence-electron chi connectivity index (χ0n) is 26.6. The number of alkyl carbamates (subject to hydrolysis) is 2. The van der Waals surface area contributed by atoms with Crippen molar-refractivity contribution in [1.82, 2.24) is 10.6 Å². The van der Waals surface area contributed by atoms with E-state index >= 15 is 0 Å². The maximum absolute atomic E-state index is 13.3. The molecule has 0 radical (unpaired) electrons. The zero-order chi connectivity index (χ0) is 32.6. The molecule has 0 fully saturated rings. The van der Waals surface area contributed by atoms with Gasteiger partial charge in [0.15, 0.2) is 12.4 Å². The molecule has 9 heteroatoms. The molecular weight excluding hydrogens is 572 g/mol. The zero-order valence-corrected chi connectivity index (χ0v) is 26.6. The van der Waals surface area contributed by atoms with Crippen molar-refractivity contribution in [2.75, 3.05) is 19.8 Å². The summed E-state index contributed by atoms with van der Waals surface area (Å²) in [6.45, 7) is 8.89. The van der Waals surface area contributed by atoms with E-state index in [0.717, 1.165) is 33.4 Å². The molecule has 0 aromatic heterocycles. The van der Waals surface area contributed by atoms with Crippen LogP contribution >= 0.6 is 0 Å². The van der Waals surface area contributed by atoms with Crippen molar-refractivity contribution in [2.24, 2.45) is 0 Å².